The van der Waals surface area contributed by atoms with Gasteiger partial charge in [0.05, 0.1) is 11.0 Å². The number of hydrogen-bond donors (Lipinski definition) is 0. The number of rotatable bonds is 10. The second kappa shape index (κ2) is 17.4. The van der Waals surface area contributed by atoms with Crippen LogP contribution in [0.1, 0.15) is 0 Å². The van der Waals surface area contributed by atoms with E-state index in [4.69, 9.17) is 4.42 Å². The molecular formula is C66H45N3O. The molecule has 0 aliphatic heterocycles. The van der Waals surface area contributed by atoms with Gasteiger partial charge >= 0.3 is 0 Å². The van der Waals surface area contributed by atoms with Crippen molar-refractivity contribution in [2.45, 2.75) is 0 Å². The number of para-hydroxylation sites is 5. The number of hydrogen-bond acceptors (Lipinski definition) is 3. The topological polar surface area (TPSA) is 24.6 Å². The average Bonchev–Trinajstić information content (AvgIpc) is 3.98. The van der Waals surface area contributed by atoms with Gasteiger partial charge in [-0.15, -0.1) is 0 Å². The van der Waals surface area contributed by atoms with Crippen molar-refractivity contribution in [2.75, 3.05) is 9.80 Å². The predicted octanol–water partition coefficient (Wildman–Crippen LogP) is 18.6. The van der Waals surface area contributed by atoms with Crippen LogP contribution < -0.4 is 9.80 Å². The normalized spacial score (nSPS) is 11.4. The molecule has 0 saturated heterocycles. The van der Waals surface area contributed by atoms with Crippen LogP contribution in [-0.4, -0.2) is 4.57 Å². The summed E-state index contributed by atoms with van der Waals surface area (Å²) in [5, 5.41) is 4.77. The molecule has 4 nitrogen and oxygen atoms in total. The van der Waals surface area contributed by atoms with Crippen molar-refractivity contribution in [1.82, 2.24) is 4.57 Å². The van der Waals surface area contributed by atoms with Gasteiger partial charge in [-0.3, -0.25) is 0 Å². The zero-order valence-corrected chi connectivity index (χ0v) is 38.2. The lowest BCUT2D eigenvalue weighted by Gasteiger charge is -2.26. The fraction of sp³-hybridized carbons (Fsp3) is 0. The van der Waals surface area contributed by atoms with E-state index in [1.54, 1.807) is 0 Å². The van der Waals surface area contributed by atoms with Crippen molar-refractivity contribution in [3.63, 3.8) is 0 Å². The maximum Gasteiger partial charge on any atom is 0.136 e. The highest BCUT2D eigenvalue weighted by Gasteiger charge is 2.17. The SMILES string of the molecule is c1ccc(N(c2ccc(-c3ccc(N(c4ccccc4)c4ccc(-c5ccc6c(c5)c5ccccc5n6-c5ccccc5)cc4)cc3)cc2)c2ccc(-c3ccc4c(c3)oc3ccccc34)cc2)cc1. The van der Waals surface area contributed by atoms with E-state index < -0.39 is 0 Å². The van der Waals surface area contributed by atoms with Gasteiger partial charge in [-0.2, -0.15) is 0 Å². The molecule has 0 radical (unpaired) electrons. The van der Waals surface area contributed by atoms with Gasteiger partial charge in [-0.1, -0.05) is 152 Å². The molecule has 330 valence electrons. The third-order valence-corrected chi connectivity index (χ3v) is 13.6. The number of aromatic nitrogens is 1. The summed E-state index contributed by atoms with van der Waals surface area (Å²) in [6.07, 6.45) is 0. The number of anilines is 6. The number of benzene rings is 11. The van der Waals surface area contributed by atoms with Crippen molar-refractivity contribution in [2.24, 2.45) is 0 Å². The van der Waals surface area contributed by atoms with Crippen LogP contribution in [0.25, 0.3) is 82.8 Å². The zero-order chi connectivity index (χ0) is 46.4. The van der Waals surface area contributed by atoms with E-state index in [9.17, 15) is 0 Å². The summed E-state index contributed by atoms with van der Waals surface area (Å²) in [7, 11) is 0. The Balaban J connectivity index is 0.776. The van der Waals surface area contributed by atoms with Gasteiger partial charge in [0.2, 0.25) is 0 Å². The molecule has 11 aromatic carbocycles. The molecule has 0 unspecified atom stereocenters. The lowest BCUT2D eigenvalue weighted by Crippen LogP contribution is -2.10. The molecule has 0 bridgehead atoms. The van der Waals surface area contributed by atoms with E-state index >= 15 is 0 Å². The Bertz CT molecular complexity index is 3950. The molecule has 0 saturated carbocycles. The smallest absolute Gasteiger partial charge is 0.136 e. The summed E-state index contributed by atoms with van der Waals surface area (Å²) in [6.45, 7) is 0. The van der Waals surface area contributed by atoms with Crippen molar-refractivity contribution < 1.29 is 4.42 Å². The van der Waals surface area contributed by atoms with E-state index in [1.807, 2.05) is 12.1 Å². The lowest BCUT2D eigenvalue weighted by atomic mass is 10.0. The van der Waals surface area contributed by atoms with Crippen molar-refractivity contribution >= 4 is 77.9 Å². The quantitative estimate of drug-likeness (QED) is 0.137. The fourth-order valence-electron chi connectivity index (χ4n) is 10.2. The monoisotopic (exact) mass is 895 g/mol. The summed E-state index contributed by atoms with van der Waals surface area (Å²) >= 11 is 0. The Morgan fingerprint density at radius 1 is 0.243 bits per heavy atom. The summed E-state index contributed by atoms with van der Waals surface area (Å²) in [6, 6.07) is 97.6. The van der Waals surface area contributed by atoms with Crippen LogP contribution in [0.4, 0.5) is 34.1 Å². The lowest BCUT2D eigenvalue weighted by molar-refractivity contribution is 0.669. The Morgan fingerprint density at radius 2 is 0.614 bits per heavy atom. The van der Waals surface area contributed by atoms with E-state index in [-0.39, 0.29) is 0 Å². The number of fused-ring (bicyclic) bond motifs is 6. The van der Waals surface area contributed by atoms with Crippen LogP contribution in [-0.2, 0) is 0 Å². The van der Waals surface area contributed by atoms with Crippen LogP contribution in [0.2, 0.25) is 0 Å². The first-order valence-corrected chi connectivity index (χ1v) is 23.8. The molecule has 2 aromatic heterocycles. The van der Waals surface area contributed by atoms with Gasteiger partial charge in [-0.05, 0) is 155 Å². The van der Waals surface area contributed by atoms with Crippen LogP contribution >= 0.6 is 0 Å². The number of nitrogens with zero attached hydrogens (tertiary/aromatic N) is 3. The third-order valence-electron chi connectivity index (χ3n) is 13.6. The molecule has 70 heavy (non-hydrogen) atoms. The van der Waals surface area contributed by atoms with Crippen LogP contribution in [0.15, 0.2) is 277 Å². The largest absolute Gasteiger partial charge is 0.456 e. The molecule has 0 aliphatic rings. The molecule has 13 aromatic rings. The highest BCUT2D eigenvalue weighted by Crippen LogP contribution is 2.41. The molecule has 0 aliphatic carbocycles. The van der Waals surface area contributed by atoms with E-state index in [0.29, 0.717) is 0 Å². The van der Waals surface area contributed by atoms with Gasteiger partial charge in [0.15, 0.2) is 0 Å². The summed E-state index contributed by atoms with van der Waals surface area (Å²) < 4.78 is 8.58. The van der Waals surface area contributed by atoms with Gasteiger partial charge in [0, 0.05) is 61.4 Å². The van der Waals surface area contributed by atoms with E-state index in [2.05, 4.69) is 275 Å². The molecule has 0 fully saturated rings. The predicted molar refractivity (Wildman–Crippen MR) is 294 cm³/mol. The molecular weight excluding hydrogens is 851 g/mol. The Morgan fingerprint density at radius 3 is 1.16 bits per heavy atom. The van der Waals surface area contributed by atoms with Gasteiger partial charge < -0.3 is 18.8 Å². The molecule has 0 amide bonds. The molecule has 0 spiro atoms. The van der Waals surface area contributed by atoms with E-state index in [1.165, 1.54) is 32.9 Å². The maximum absolute atomic E-state index is 6.22. The van der Waals surface area contributed by atoms with Crippen molar-refractivity contribution in [1.29, 1.82) is 0 Å². The average molecular weight is 896 g/mol. The Labute approximate surface area is 406 Å². The van der Waals surface area contributed by atoms with Gasteiger partial charge in [0.1, 0.15) is 11.2 Å². The molecule has 4 heteroatoms. The minimum atomic E-state index is 0.900. The summed E-state index contributed by atoms with van der Waals surface area (Å²) in [5.41, 5.74) is 18.9. The van der Waals surface area contributed by atoms with Crippen LogP contribution in [0.3, 0.4) is 0 Å². The highest BCUT2D eigenvalue weighted by atomic mass is 16.3. The summed E-state index contributed by atoms with van der Waals surface area (Å²) in [4.78, 5) is 4.64. The second-order valence-electron chi connectivity index (χ2n) is 17.8. The van der Waals surface area contributed by atoms with Gasteiger partial charge in [-0.25, -0.2) is 0 Å². The minimum Gasteiger partial charge on any atom is -0.456 e. The zero-order valence-electron chi connectivity index (χ0n) is 38.2. The molecule has 0 N–H and O–H groups in total. The molecule has 0 atom stereocenters. The first kappa shape index (κ1) is 40.9. The molecule has 2 heterocycles. The number of furan rings is 1. The van der Waals surface area contributed by atoms with Gasteiger partial charge in [0.25, 0.3) is 0 Å². The van der Waals surface area contributed by atoms with Crippen molar-refractivity contribution in [3.8, 4) is 39.1 Å². The Hall–Kier alpha value is -9.38. The third kappa shape index (κ3) is 7.36. The Kier molecular flexibility index (Phi) is 10.1. The maximum atomic E-state index is 6.22. The second-order valence-corrected chi connectivity index (χ2v) is 17.8. The summed E-state index contributed by atoms with van der Waals surface area (Å²) in [5.74, 6) is 0. The highest BCUT2D eigenvalue weighted by molar-refractivity contribution is 6.10. The van der Waals surface area contributed by atoms with Crippen LogP contribution in [0, 0.1) is 0 Å². The molecule has 13 rings (SSSR count). The fourth-order valence-corrected chi connectivity index (χ4v) is 10.2. The van der Waals surface area contributed by atoms with Crippen LogP contribution in [0.5, 0.6) is 0 Å². The first-order chi connectivity index (χ1) is 34.7. The minimum absolute atomic E-state index is 0.900. The first-order valence-electron chi connectivity index (χ1n) is 23.8. The standard InChI is InChI=1S/C66H45N3O/c1-4-14-52(15-5-1)67(57-38-28-48(29-39-57)50-33-43-64-62(44-50)59-20-10-12-22-63(59)69(64)54-18-8-3-9-19-54)55-34-24-46(25-35-55)47-26-36-56(37-27-47)68(53-16-6-2-7-17-53)58-40-30-49(31-41-58)51-32-42-61-60-21-11-13-23-65(60)70-66(61)45-51/h1-45H. The van der Waals surface area contributed by atoms with Crippen molar-refractivity contribution in [3.05, 3.63) is 273 Å². The van der Waals surface area contributed by atoms with E-state index in [0.717, 1.165) is 84.0 Å².